The van der Waals surface area contributed by atoms with Gasteiger partial charge in [-0.1, -0.05) is 32.1 Å². The van der Waals surface area contributed by atoms with Crippen LogP contribution in [0.25, 0.3) is 10.9 Å². The van der Waals surface area contributed by atoms with Gasteiger partial charge in [-0.3, -0.25) is 14.2 Å². The molecule has 0 amide bonds. The van der Waals surface area contributed by atoms with Gasteiger partial charge in [-0.25, -0.2) is 18.4 Å². The number of aryl methyl sites for hydroxylation is 1. The highest BCUT2D eigenvalue weighted by molar-refractivity contribution is 7.90. The Morgan fingerprint density at radius 1 is 1.22 bits per heavy atom. The number of hydrogen-bond acceptors (Lipinski definition) is 7. The first-order chi connectivity index (χ1) is 15.2. The lowest BCUT2D eigenvalue weighted by Gasteiger charge is -2.27. The lowest BCUT2D eigenvalue weighted by molar-refractivity contribution is -0.122. The minimum Gasteiger partial charge on any atom is -0.297 e. The highest BCUT2D eigenvalue weighted by atomic mass is 32.2. The number of carbonyl (C=O) groups is 1. The molecule has 1 unspecified atom stereocenters. The first-order valence-corrected chi connectivity index (χ1v) is 13.6. The first-order valence-electron chi connectivity index (χ1n) is 10.9. The minimum absolute atomic E-state index is 0.0408. The number of ketones is 1. The third-order valence-electron chi connectivity index (χ3n) is 6.17. The third-order valence-corrected chi connectivity index (χ3v) is 8.19. The van der Waals surface area contributed by atoms with E-state index in [9.17, 15) is 18.0 Å². The van der Waals surface area contributed by atoms with E-state index in [-0.39, 0.29) is 22.7 Å². The van der Waals surface area contributed by atoms with Crippen LogP contribution in [0.4, 0.5) is 0 Å². The molecule has 0 saturated heterocycles. The Balaban J connectivity index is 1.72. The quantitative estimate of drug-likeness (QED) is 0.516. The Kier molecular flexibility index (Phi) is 6.57. The number of rotatable bonds is 7. The summed E-state index contributed by atoms with van der Waals surface area (Å²) in [5, 5.41) is 1.06. The molecule has 1 saturated carbocycles. The summed E-state index contributed by atoms with van der Waals surface area (Å²) in [6, 6.07) is 3.71. The van der Waals surface area contributed by atoms with Crippen LogP contribution < -0.4 is 5.56 Å². The largest absolute Gasteiger partial charge is 0.297 e. The number of hydrogen-bond donors (Lipinski definition) is 0. The van der Waals surface area contributed by atoms with E-state index in [1.165, 1.54) is 46.9 Å². The molecule has 1 fully saturated rings. The standard InChI is InChI=1S/C23H27N3O4S2/c1-15-13-24-22(31-15)12-21(27)20(10-16-6-4-3-5-7-16)26-14-25-19-11-17(32(2,29)30)8-9-18(19)23(26)28/h8-9,11,13-14,16,20H,3-7,10,12H2,1-2H3. The molecule has 0 bridgehead atoms. The SMILES string of the molecule is Cc1cnc(CC(=O)C(CC2CCCCC2)n2cnc3cc(S(C)(=O)=O)ccc3c2=O)s1. The molecule has 32 heavy (non-hydrogen) atoms. The number of sulfone groups is 1. The molecular formula is C23H27N3O4S2. The average molecular weight is 474 g/mol. The fourth-order valence-corrected chi connectivity index (χ4v) is 5.89. The van der Waals surface area contributed by atoms with Crippen LogP contribution in [0.15, 0.2) is 40.4 Å². The van der Waals surface area contributed by atoms with Gasteiger partial charge < -0.3 is 0 Å². The molecule has 0 radical (unpaired) electrons. The lowest BCUT2D eigenvalue weighted by atomic mass is 9.83. The van der Waals surface area contributed by atoms with Crippen molar-refractivity contribution in [3.05, 3.63) is 51.0 Å². The average Bonchev–Trinajstić information content (AvgIpc) is 3.17. The van der Waals surface area contributed by atoms with Crippen LogP contribution in [-0.4, -0.2) is 35.0 Å². The summed E-state index contributed by atoms with van der Waals surface area (Å²) in [6.45, 7) is 1.95. The van der Waals surface area contributed by atoms with Gasteiger partial charge in [-0.2, -0.15) is 0 Å². The second-order valence-corrected chi connectivity index (χ2v) is 12.0. The Morgan fingerprint density at radius 2 is 1.97 bits per heavy atom. The maximum atomic E-state index is 13.4. The van der Waals surface area contributed by atoms with Crippen molar-refractivity contribution in [3.8, 4) is 0 Å². The fraction of sp³-hybridized carbons (Fsp3) is 0.478. The summed E-state index contributed by atoms with van der Waals surface area (Å²) in [4.78, 5) is 36.5. The lowest BCUT2D eigenvalue weighted by Crippen LogP contribution is -2.33. The Hall–Kier alpha value is -2.39. The fourth-order valence-electron chi connectivity index (χ4n) is 4.46. The van der Waals surface area contributed by atoms with Crippen LogP contribution in [0.3, 0.4) is 0 Å². The Morgan fingerprint density at radius 3 is 2.62 bits per heavy atom. The first kappa shape index (κ1) is 22.8. The monoisotopic (exact) mass is 473 g/mol. The molecule has 7 nitrogen and oxygen atoms in total. The predicted octanol–water partition coefficient (Wildman–Crippen LogP) is 3.89. The van der Waals surface area contributed by atoms with Crippen molar-refractivity contribution in [3.63, 3.8) is 0 Å². The van der Waals surface area contributed by atoms with Crippen LogP contribution in [0, 0.1) is 12.8 Å². The maximum Gasteiger partial charge on any atom is 0.261 e. The predicted molar refractivity (Wildman–Crippen MR) is 125 cm³/mol. The number of benzene rings is 1. The summed E-state index contributed by atoms with van der Waals surface area (Å²) in [5.41, 5.74) is -0.00637. The molecule has 2 aromatic heterocycles. The molecule has 1 aliphatic carbocycles. The summed E-state index contributed by atoms with van der Waals surface area (Å²) >= 11 is 1.49. The van der Waals surface area contributed by atoms with Crippen molar-refractivity contribution in [1.82, 2.24) is 14.5 Å². The number of fused-ring (bicyclic) bond motifs is 1. The van der Waals surface area contributed by atoms with Crippen molar-refractivity contribution in [2.24, 2.45) is 5.92 Å². The summed E-state index contributed by atoms with van der Waals surface area (Å²) < 4.78 is 25.2. The normalized spacial score (nSPS) is 16.3. The van der Waals surface area contributed by atoms with Crippen molar-refractivity contribution in [2.75, 3.05) is 6.26 Å². The maximum absolute atomic E-state index is 13.4. The number of thiazole rings is 1. The van der Waals surface area contributed by atoms with E-state index < -0.39 is 15.9 Å². The highest BCUT2D eigenvalue weighted by Gasteiger charge is 2.28. The zero-order valence-corrected chi connectivity index (χ0v) is 19.9. The summed E-state index contributed by atoms with van der Waals surface area (Å²) in [5.74, 6) is 0.354. The van der Waals surface area contributed by atoms with Gasteiger partial charge in [0.05, 0.1) is 34.6 Å². The molecule has 0 N–H and O–H groups in total. The van der Waals surface area contributed by atoms with E-state index in [4.69, 9.17) is 0 Å². The molecular weight excluding hydrogens is 446 g/mol. The van der Waals surface area contributed by atoms with Gasteiger partial charge in [-0.05, 0) is 37.5 Å². The van der Waals surface area contributed by atoms with Crippen LogP contribution in [0.1, 0.15) is 54.5 Å². The highest BCUT2D eigenvalue weighted by Crippen LogP contribution is 2.32. The van der Waals surface area contributed by atoms with E-state index in [2.05, 4.69) is 9.97 Å². The molecule has 0 aliphatic heterocycles. The number of aromatic nitrogens is 3. The smallest absolute Gasteiger partial charge is 0.261 e. The summed E-state index contributed by atoms with van der Waals surface area (Å²) in [6.07, 6.45) is 10.7. The van der Waals surface area contributed by atoms with E-state index in [0.29, 0.717) is 23.2 Å². The van der Waals surface area contributed by atoms with Gasteiger partial charge in [0.1, 0.15) is 5.01 Å². The second kappa shape index (κ2) is 9.23. The Labute approximate surface area is 191 Å². The topological polar surface area (TPSA) is 99.0 Å². The van der Waals surface area contributed by atoms with Gasteiger partial charge in [0, 0.05) is 17.3 Å². The van der Waals surface area contributed by atoms with Gasteiger partial charge in [0.15, 0.2) is 15.6 Å². The van der Waals surface area contributed by atoms with Crippen molar-refractivity contribution in [2.45, 2.75) is 62.8 Å². The van der Waals surface area contributed by atoms with E-state index in [1.807, 2.05) is 6.92 Å². The molecule has 0 spiro atoms. The number of Topliss-reactive ketones (excluding diaryl/α,β-unsaturated/α-hetero) is 1. The zero-order chi connectivity index (χ0) is 22.9. The van der Waals surface area contributed by atoms with E-state index >= 15 is 0 Å². The molecule has 9 heteroatoms. The van der Waals surface area contributed by atoms with Crippen LogP contribution in [0.2, 0.25) is 0 Å². The zero-order valence-electron chi connectivity index (χ0n) is 18.3. The van der Waals surface area contributed by atoms with Crippen molar-refractivity contribution in [1.29, 1.82) is 0 Å². The number of nitrogens with zero attached hydrogens (tertiary/aromatic N) is 3. The molecule has 170 valence electrons. The molecule has 1 aliphatic rings. The molecule has 3 aromatic rings. The van der Waals surface area contributed by atoms with Crippen LogP contribution in [0.5, 0.6) is 0 Å². The minimum atomic E-state index is -3.41. The van der Waals surface area contributed by atoms with Gasteiger partial charge >= 0.3 is 0 Å². The van der Waals surface area contributed by atoms with E-state index in [1.54, 1.807) is 6.20 Å². The van der Waals surface area contributed by atoms with Crippen molar-refractivity contribution < 1.29 is 13.2 Å². The molecule has 1 aromatic carbocycles. The van der Waals surface area contributed by atoms with Crippen LogP contribution in [-0.2, 0) is 21.1 Å². The molecule has 2 heterocycles. The van der Waals surface area contributed by atoms with Gasteiger partial charge in [0.2, 0.25) is 0 Å². The van der Waals surface area contributed by atoms with Crippen LogP contribution >= 0.6 is 11.3 Å². The van der Waals surface area contributed by atoms with Crippen molar-refractivity contribution >= 4 is 37.9 Å². The second-order valence-electron chi connectivity index (χ2n) is 8.67. The van der Waals surface area contributed by atoms with Gasteiger partial charge in [0.25, 0.3) is 5.56 Å². The molecule has 1 atom stereocenters. The number of carbonyl (C=O) groups excluding carboxylic acids is 1. The third kappa shape index (κ3) is 4.99. The summed E-state index contributed by atoms with van der Waals surface area (Å²) in [7, 11) is -3.41. The molecule has 4 rings (SSSR count). The van der Waals surface area contributed by atoms with Gasteiger partial charge in [-0.15, -0.1) is 11.3 Å². The Bertz CT molecular complexity index is 1300. The van der Waals surface area contributed by atoms with E-state index in [0.717, 1.165) is 41.8 Å².